The van der Waals surface area contributed by atoms with Crippen LogP contribution in [0.5, 0.6) is 0 Å². The largest absolute Gasteiger partial charge is 0.433 e. The molecule has 0 amide bonds. The van der Waals surface area contributed by atoms with E-state index in [4.69, 9.17) is 0 Å². The molecule has 5 heteroatoms. The number of nitrogens with zero attached hydrogens (tertiary/aromatic N) is 1. The third-order valence-corrected chi connectivity index (χ3v) is 2.33. The van der Waals surface area contributed by atoms with Crippen molar-refractivity contribution in [1.29, 1.82) is 0 Å². The van der Waals surface area contributed by atoms with Crippen LogP contribution < -0.4 is 5.32 Å². The highest BCUT2D eigenvalue weighted by Gasteiger charge is 2.32. The first kappa shape index (κ1) is 16.9. The number of pyridine rings is 1. The van der Waals surface area contributed by atoms with Gasteiger partial charge in [-0.3, -0.25) is 4.98 Å². The van der Waals surface area contributed by atoms with Gasteiger partial charge in [0.2, 0.25) is 0 Å². The molecule has 1 fully saturated rings. The normalized spacial score (nSPS) is 14.6. The van der Waals surface area contributed by atoms with Crippen LogP contribution in [0.25, 0.3) is 0 Å². The molecule has 104 valence electrons. The maximum Gasteiger partial charge on any atom is 0.433 e. The fourth-order valence-electron chi connectivity index (χ4n) is 1.34. The van der Waals surface area contributed by atoms with Crippen LogP contribution in [0.3, 0.4) is 0 Å². The molecule has 1 aromatic heterocycles. The summed E-state index contributed by atoms with van der Waals surface area (Å²) in [7, 11) is 0. The quantitative estimate of drug-likeness (QED) is 0.831. The lowest BCUT2D eigenvalue weighted by molar-refractivity contribution is -0.141. The molecule has 0 spiro atoms. The molecular weight excluding hydrogens is 241 g/mol. The second-order valence-electron chi connectivity index (χ2n) is 3.33. The van der Waals surface area contributed by atoms with E-state index in [2.05, 4.69) is 10.3 Å². The van der Waals surface area contributed by atoms with E-state index in [-0.39, 0.29) is 0 Å². The molecule has 0 atom stereocenters. The summed E-state index contributed by atoms with van der Waals surface area (Å²) in [6.45, 7) is 9.65. The first-order valence-electron chi connectivity index (χ1n) is 6.31. The molecule has 0 bridgehead atoms. The van der Waals surface area contributed by atoms with Gasteiger partial charge < -0.3 is 5.32 Å². The SMILES string of the molecule is CC.CC.FC(F)(F)c1ccc(C2CNC2)cn1. The van der Waals surface area contributed by atoms with Crippen molar-refractivity contribution in [3.63, 3.8) is 0 Å². The van der Waals surface area contributed by atoms with Crippen molar-refractivity contribution in [1.82, 2.24) is 10.3 Å². The number of rotatable bonds is 1. The third kappa shape index (κ3) is 4.64. The minimum absolute atomic E-state index is 0.324. The Morgan fingerprint density at radius 3 is 1.94 bits per heavy atom. The minimum Gasteiger partial charge on any atom is -0.315 e. The standard InChI is InChI=1S/C9H9F3N2.2C2H6/c10-9(11,12)8-2-1-6(5-14-8)7-3-13-4-7;2*1-2/h1-2,5,7,13H,3-4H2;2*1-2H3. The second kappa shape index (κ2) is 8.08. The first-order chi connectivity index (χ1) is 8.57. The van der Waals surface area contributed by atoms with Gasteiger partial charge in [-0.05, 0) is 11.6 Å². The Morgan fingerprint density at radius 1 is 1.11 bits per heavy atom. The molecule has 0 radical (unpaired) electrons. The van der Waals surface area contributed by atoms with E-state index in [0.29, 0.717) is 5.92 Å². The van der Waals surface area contributed by atoms with Crippen molar-refractivity contribution in [3.05, 3.63) is 29.6 Å². The van der Waals surface area contributed by atoms with Gasteiger partial charge in [0, 0.05) is 25.2 Å². The highest BCUT2D eigenvalue weighted by atomic mass is 19.4. The highest BCUT2D eigenvalue weighted by Crippen LogP contribution is 2.28. The van der Waals surface area contributed by atoms with Crippen LogP contribution in [0, 0.1) is 0 Å². The van der Waals surface area contributed by atoms with Crippen molar-refractivity contribution in [3.8, 4) is 0 Å². The van der Waals surface area contributed by atoms with Crippen molar-refractivity contribution >= 4 is 0 Å². The van der Waals surface area contributed by atoms with E-state index in [1.165, 1.54) is 12.3 Å². The van der Waals surface area contributed by atoms with E-state index >= 15 is 0 Å². The first-order valence-corrected chi connectivity index (χ1v) is 6.31. The van der Waals surface area contributed by atoms with Crippen molar-refractivity contribution in [2.75, 3.05) is 13.1 Å². The van der Waals surface area contributed by atoms with Crippen LogP contribution in [0.1, 0.15) is 44.9 Å². The average Bonchev–Trinajstić information content (AvgIpc) is 2.32. The van der Waals surface area contributed by atoms with Crippen LogP contribution in [0.4, 0.5) is 13.2 Å². The van der Waals surface area contributed by atoms with Gasteiger partial charge >= 0.3 is 6.18 Å². The Morgan fingerprint density at radius 2 is 1.67 bits per heavy atom. The van der Waals surface area contributed by atoms with Gasteiger partial charge in [0.1, 0.15) is 5.69 Å². The lowest BCUT2D eigenvalue weighted by atomic mass is 9.95. The zero-order valence-electron chi connectivity index (χ0n) is 11.3. The summed E-state index contributed by atoms with van der Waals surface area (Å²) in [5.41, 5.74) is 0.0466. The summed E-state index contributed by atoms with van der Waals surface area (Å²) in [5.74, 6) is 0.324. The van der Waals surface area contributed by atoms with Gasteiger partial charge in [-0.2, -0.15) is 13.2 Å². The predicted octanol–water partition coefficient (Wildman–Crippen LogP) is 3.84. The molecular formula is C13H21F3N2. The van der Waals surface area contributed by atoms with Crippen LogP contribution in [0.15, 0.2) is 18.3 Å². The van der Waals surface area contributed by atoms with Gasteiger partial charge in [-0.15, -0.1) is 0 Å². The Balaban J connectivity index is 0.000000659. The summed E-state index contributed by atoms with van der Waals surface area (Å²) < 4.78 is 36.4. The molecule has 1 aliphatic rings. The minimum atomic E-state index is -4.34. The Bertz CT molecular complexity index is 316. The zero-order valence-corrected chi connectivity index (χ0v) is 11.3. The van der Waals surface area contributed by atoms with Crippen LogP contribution >= 0.6 is 0 Å². The van der Waals surface area contributed by atoms with Gasteiger partial charge in [-0.1, -0.05) is 33.8 Å². The Hall–Kier alpha value is -1.10. The molecule has 0 unspecified atom stereocenters. The average molecular weight is 262 g/mol. The molecule has 0 saturated carbocycles. The molecule has 2 nitrogen and oxygen atoms in total. The monoisotopic (exact) mass is 262 g/mol. The molecule has 1 saturated heterocycles. The molecule has 18 heavy (non-hydrogen) atoms. The van der Waals surface area contributed by atoms with E-state index < -0.39 is 11.9 Å². The topological polar surface area (TPSA) is 24.9 Å². The highest BCUT2D eigenvalue weighted by molar-refractivity contribution is 5.22. The molecule has 0 aromatic carbocycles. The lowest BCUT2D eigenvalue weighted by Gasteiger charge is -2.27. The van der Waals surface area contributed by atoms with Crippen molar-refractivity contribution < 1.29 is 13.2 Å². The zero-order chi connectivity index (χ0) is 14.2. The Labute approximate surface area is 107 Å². The molecule has 2 rings (SSSR count). The van der Waals surface area contributed by atoms with E-state index in [0.717, 1.165) is 24.7 Å². The number of hydrogen-bond acceptors (Lipinski definition) is 2. The van der Waals surface area contributed by atoms with E-state index in [1.54, 1.807) is 0 Å². The maximum atomic E-state index is 12.1. The fourth-order valence-corrected chi connectivity index (χ4v) is 1.34. The fraction of sp³-hybridized carbons (Fsp3) is 0.615. The molecule has 1 N–H and O–H groups in total. The lowest BCUT2D eigenvalue weighted by Crippen LogP contribution is -2.39. The van der Waals surface area contributed by atoms with E-state index in [1.807, 2.05) is 27.7 Å². The smallest absolute Gasteiger partial charge is 0.315 e. The van der Waals surface area contributed by atoms with Crippen LogP contribution in [-0.4, -0.2) is 18.1 Å². The van der Waals surface area contributed by atoms with Crippen LogP contribution in [0.2, 0.25) is 0 Å². The van der Waals surface area contributed by atoms with Gasteiger partial charge in [-0.25, -0.2) is 0 Å². The summed E-state index contributed by atoms with van der Waals surface area (Å²) >= 11 is 0. The number of alkyl halides is 3. The Kier molecular flexibility index (Phi) is 7.59. The van der Waals surface area contributed by atoms with Crippen molar-refractivity contribution in [2.24, 2.45) is 0 Å². The second-order valence-corrected chi connectivity index (χ2v) is 3.33. The van der Waals surface area contributed by atoms with Gasteiger partial charge in [0.15, 0.2) is 0 Å². The number of halogens is 3. The predicted molar refractivity (Wildman–Crippen MR) is 67.5 cm³/mol. The molecule has 1 aromatic rings. The van der Waals surface area contributed by atoms with E-state index in [9.17, 15) is 13.2 Å². The molecule has 0 aliphatic carbocycles. The summed E-state index contributed by atoms with van der Waals surface area (Å²) in [4.78, 5) is 3.40. The summed E-state index contributed by atoms with van der Waals surface area (Å²) in [6.07, 6.45) is -3.02. The number of aromatic nitrogens is 1. The van der Waals surface area contributed by atoms with Crippen molar-refractivity contribution in [2.45, 2.75) is 39.8 Å². The molecule has 1 aliphatic heterocycles. The summed E-state index contributed by atoms with van der Waals surface area (Å²) in [6, 6.07) is 2.54. The van der Waals surface area contributed by atoms with Gasteiger partial charge in [0.25, 0.3) is 0 Å². The summed E-state index contributed by atoms with van der Waals surface area (Å²) in [5, 5.41) is 3.05. The number of hydrogen-bond donors (Lipinski definition) is 1. The van der Waals surface area contributed by atoms with Gasteiger partial charge in [0.05, 0.1) is 0 Å². The third-order valence-electron chi connectivity index (χ3n) is 2.33. The number of nitrogens with one attached hydrogen (secondary N) is 1. The molecule has 2 heterocycles. The maximum absolute atomic E-state index is 12.1. The van der Waals surface area contributed by atoms with Crippen LogP contribution in [-0.2, 0) is 6.18 Å².